The molecule has 1 aliphatic rings. The summed E-state index contributed by atoms with van der Waals surface area (Å²) in [7, 11) is 0. The van der Waals surface area contributed by atoms with Crippen LogP contribution in [0.4, 0.5) is 4.39 Å². The summed E-state index contributed by atoms with van der Waals surface area (Å²) in [4.78, 5) is 0. The van der Waals surface area contributed by atoms with E-state index in [4.69, 9.17) is 0 Å². The maximum absolute atomic E-state index is 13.1. The van der Waals surface area contributed by atoms with Gasteiger partial charge in [-0.05, 0) is 34.4 Å². The van der Waals surface area contributed by atoms with Crippen molar-refractivity contribution in [2.45, 2.75) is 0 Å². The molecule has 0 aromatic heterocycles. The lowest BCUT2D eigenvalue weighted by Crippen LogP contribution is -1.90. The SMILES string of the molecule is Fc1ccc2c(c1)[C]c1ccccc1C=C2. The molecule has 0 bridgehead atoms. The lowest BCUT2D eigenvalue weighted by atomic mass is 10.00. The molecule has 0 amide bonds. The highest BCUT2D eigenvalue weighted by Crippen LogP contribution is 2.26. The van der Waals surface area contributed by atoms with Gasteiger partial charge in [0.25, 0.3) is 0 Å². The number of hydrogen-bond acceptors (Lipinski definition) is 0. The van der Waals surface area contributed by atoms with Crippen molar-refractivity contribution in [2.24, 2.45) is 0 Å². The first-order chi connectivity index (χ1) is 7.83. The first-order valence-corrected chi connectivity index (χ1v) is 5.17. The zero-order valence-corrected chi connectivity index (χ0v) is 8.57. The van der Waals surface area contributed by atoms with E-state index < -0.39 is 0 Å². The third-order valence-electron chi connectivity index (χ3n) is 2.69. The van der Waals surface area contributed by atoms with Crippen molar-refractivity contribution >= 4 is 12.2 Å². The maximum atomic E-state index is 13.1. The van der Waals surface area contributed by atoms with Crippen LogP contribution in [0.25, 0.3) is 12.2 Å². The average molecular weight is 208 g/mol. The van der Waals surface area contributed by atoms with E-state index in [9.17, 15) is 4.39 Å². The Labute approximate surface area is 94.1 Å². The van der Waals surface area contributed by atoms with E-state index in [0.29, 0.717) is 0 Å². The van der Waals surface area contributed by atoms with Gasteiger partial charge in [0.2, 0.25) is 0 Å². The molecule has 0 fully saturated rings. The van der Waals surface area contributed by atoms with Crippen molar-refractivity contribution in [1.29, 1.82) is 0 Å². The van der Waals surface area contributed by atoms with Crippen LogP contribution in [0.5, 0.6) is 0 Å². The number of rotatable bonds is 0. The minimum Gasteiger partial charge on any atom is -0.207 e. The summed E-state index contributed by atoms with van der Waals surface area (Å²) >= 11 is 0. The second-order valence-corrected chi connectivity index (χ2v) is 3.78. The van der Waals surface area contributed by atoms with Crippen LogP contribution in [0.15, 0.2) is 42.5 Å². The Kier molecular flexibility index (Phi) is 2.10. The molecule has 0 heterocycles. The van der Waals surface area contributed by atoms with Gasteiger partial charge >= 0.3 is 0 Å². The highest BCUT2D eigenvalue weighted by Gasteiger charge is 2.10. The van der Waals surface area contributed by atoms with Crippen LogP contribution in [0.2, 0.25) is 0 Å². The Morgan fingerprint density at radius 2 is 1.56 bits per heavy atom. The van der Waals surface area contributed by atoms with E-state index in [2.05, 4.69) is 6.42 Å². The summed E-state index contributed by atoms with van der Waals surface area (Å²) in [6.45, 7) is 0. The molecule has 0 saturated carbocycles. The molecule has 0 spiro atoms. The van der Waals surface area contributed by atoms with Crippen molar-refractivity contribution in [1.82, 2.24) is 0 Å². The van der Waals surface area contributed by atoms with E-state index in [1.807, 2.05) is 36.4 Å². The summed E-state index contributed by atoms with van der Waals surface area (Å²) in [5, 5.41) is 0. The zero-order valence-electron chi connectivity index (χ0n) is 8.57. The predicted molar refractivity (Wildman–Crippen MR) is 63.2 cm³/mol. The Balaban J connectivity index is 2.18. The van der Waals surface area contributed by atoms with Gasteiger partial charge in [-0.1, -0.05) is 42.5 Å². The van der Waals surface area contributed by atoms with Crippen LogP contribution in [-0.2, 0) is 0 Å². The van der Waals surface area contributed by atoms with Gasteiger partial charge in [0.15, 0.2) is 0 Å². The molecule has 0 nitrogen and oxygen atoms in total. The third kappa shape index (κ3) is 1.54. The number of benzene rings is 2. The Morgan fingerprint density at radius 3 is 2.44 bits per heavy atom. The fourth-order valence-electron chi connectivity index (χ4n) is 1.86. The molecule has 16 heavy (non-hydrogen) atoms. The number of fused-ring (bicyclic) bond motifs is 2. The molecule has 2 radical (unpaired) electrons. The smallest absolute Gasteiger partial charge is 0.123 e. The molecule has 2 aromatic carbocycles. The minimum atomic E-state index is -0.223. The van der Waals surface area contributed by atoms with Crippen LogP contribution in [0.1, 0.15) is 22.3 Å². The lowest BCUT2D eigenvalue weighted by molar-refractivity contribution is 0.627. The molecule has 1 aliphatic carbocycles. The fourth-order valence-corrected chi connectivity index (χ4v) is 1.86. The summed E-state index contributed by atoms with van der Waals surface area (Å²) < 4.78 is 13.1. The molecule has 0 N–H and O–H groups in total. The predicted octanol–water partition coefficient (Wildman–Crippen LogP) is 3.79. The van der Waals surface area contributed by atoms with Crippen molar-refractivity contribution < 1.29 is 4.39 Å². The highest BCUT2D eigenvalue weighted by atomic mass is 19.1. The average Bonchev–Trinajstić information content (AvgIpc) is 2.47. The molecular formula is C15H9F. The largest absolute Gasteiger partial charge is 0.207 e. The molecule has 1 heteroatoms. The second-order valence-electron chi connectivity index (χ2n) is 3.78. The summed E-state index contributed by atoms with van der Waals surface area (Å²) in [5.41, 5.74) is 3.92. The van der Waals surface area contributed by atoms with Gasteiger partial charge in [0.05, 0.1) is 6.42 Å². The number of halogens is 1. The van der Waals surface area contributed by atoms with E-state index in [0.717, 1.165) is 22.3 Å². The van der Waals surface area contributed by atoms with Crippen molar-refractivity contribution in [3.8, 4) is 0 Å². The summed E-state index contributed by atoms with van der Waals surface area (Å²) in [5.74, 6) is -0.223. The fraction of sp³-hybridized carbons (Fsp3) is 0. The Bertz CT molecular complexity index is 567. The quantitative estimate of drug-likeness (QED) is 0.527. The first-order valence-electron chi connectivity index (χ1n) is 5.17. The Hall–Kier alpha value is -1.89. The molecule has 3 rings (SSSR count). The van der Waals surface area contributed by atoms with Crippen LogP contribution >= 0.6 is 0 Å². The zero-order chi connectivity index (χ0) is 11.0. The molecule has 0 unspecified atom stereocenters. The monoisotopic (exact) mass is 208 g/mol. The minimum absolute atomic E-state index is 0.223. The number of hydrogen-bond donors (Lipinski definition) is 0. The van der Waals surface area contributed by atoms with Gasteiger partial charge < -0.3 is 0 Å². The molecule has 0 saturated heterocycles. The third-order valence-corrected chi connectivity index (χ3v) is 2.69. The Morgan fingerprint density at radius 1 is 0.812 bits per heavy atom. The van der Waals surface area contributed by atoms with Crippen molar-refractivity contribution in [2.75, 3.05) is 0 Å². The van der Waals surface area contributed by atoms with E-state index in [1.54, 1.807) is 6.07 Å². The van der Waals surface area contributed by atoms with E-state index >= 15 is 0 Å². The lowest BCUT2D eigenvalue weighted by Gasteiger charge is -2.04. The van der Waals surface area contributed by atoms with Crippen LogP contribution in [-0.4, -0.2) is 0 Å². The van der Waals surface area contributed by atoms with Gasteiger partial charge in [0, 0.05) is 0 Å². The molecule has 0 atom stereocenters. The standard InChI is InChI=1S/C15H9F/c16-15-8-7-12-6-5-11-3-1-2-4-13(11)9-14(12)10-15/h1-8,10H. The van der Waals surface area contributed by atoms with Crippen molar-refractivity contribution in [3.63, 3.8) is 0 Å². The first kappa shape index (κ1) is 9.34. The van der Waals surface area contributed by atoms with Gasteiger partial charge in [0.1, 0.15) is 5.82 Å². The topological polar surface area (TPSA) is 0 Å². The van der Waals surface area contributed by atoms with Gasteiger partial charge in [-0.3, -0.25) is 0 Å². The molecular weight excluding hydrogens is 199 g/mol. The van der Waals surface area contributed by atoms with Crippen LogP contribution < -0.4 is 0 Å². The van der Waals surface area contributed by atoms with Crippen LogP contribution in [0.3, 0.4) is 0 Å². The summed E-state index contributed by atoms with van der Waals surface area (Å²) in [6, 6.07) is 12.7. The molecule has 76 valence electrons. The second kappa shape index (κ2) is 3.60. The highest BCUT2D eigenvalue weighted by molar-refractivity contribution is 5.77. The van der Waals surface area contributed by atoms with Gasteiger partial charge in [-0.2, -0.15) is 0 Å². The molecule has 2 aromatic rings. The van der Waals surface area contributed by atoms with E-state index in [1.165, 1.54) is 12.1 Å². The van der Waals surface area contributed by atoms with Gasteiger partial charge in [-0.25, -0.2) is 4.39 Å². The van der Waals surface area contributed by atoms with Crippen LogP contribution in [0, 0.1) is 12.2 Å². The summed E-state index contributed by atoms with van der Waals surface area (Å²) in [6.07, 6.45) is 7.27. The van der Waals surface area contributed by atoms with Crippen molar-refractivity contribution in [3.05, 3.63) is 77.0 Å². The normalized spacial score (nSPS) is 12.8. The molecule has 0 aliphatic heterocycles. The van der Waals surface area contributed by atoms with Gasteiger partial charge in [-0.15, -0.1) is 0 Å². The maximum Gasteiger partial charge on any atom is 0.123 e. The van der Waals surface area contributed by atoms with E-state index in [-0.39, 0.29) is 5.82 Å².